The van der Waals surface area contributed by atoms with E-state index in [0.29, 0.717) is 0 Å². The van der Waals surface area contributed by atoms with Crippen LogP contribution in [0.5, 0.6) is 0 Å². The van der Waals surface area contributed by atoms with E-state index < -0.39 is 31.3 Å². The van der Waals surface area contributed by atoms with Crippen LogP contribution >= 0.6 is 0 Å². The number of sulfonamides is 1. The second-order valence-corrected chi connectivity index (χ2v) is 4.34. The molecule has 0 saturated carbocycles. The number of nitro benzene ring substituents is 1. The van der Waals surface area contributed by atoms with Gasteiger partial charge in [0.2, 0.25) is 15.8 Å². The van der Waals surface area contributed by atoms with Gasteiger partial charge in [0.25, 0.3) is 0 Å². The maximum Gasteiger partial charge on any atom is 0.324 e. The van der Waals surface area contributed by atoms with Crippen molar-refractivity contribution in [3.8, 4) is 0 Å². The Balaban J connectivity index is 3.76. The van der Waals surface area contributed by atoms with Gasteiger partial charge in [-0.3, -0.25) is 10.1 Å². The Labute approximate surface area is 84.7 Å². The SMILES string of the molecule is Cc1ccc(F)c([N+](=O)[O-])c1S(N)(=O)=O. The van der Waals surface area contributed by atoms with Crippen molar-refractivity contribution in [1.29, 1.82) is 0 Å². The van der Waals surface area contributed by atoms with Gasteiger partial charge < -0.3 is 0 Å². The predicted octanol–water partition coefficient (Wildman–Crippen LogP) is 0.690. The summed E-state index contributed by atoms with van der Waals surface area (Å²) in [6.07, 6.45) is 0. The molecule has 1 aromatic carbocycles. The summed E-state index contributed by atoms with van der Waals surface area (Å²) < 4.78 is 35.1. The van der Waals surface area contributed by atoms with Crippen LogP contribution < -0.4 is 5.14 Å². The van der Waals surface area contributed by atoms with Crippen molar-refractivity contribution in [1.82, 2.24) is 0 Å². The lowest BCUT2D eigenvalue weighted by Gasteiger charge is -2.04. The fourth-order valence-corrected chi connectivity index (χ4v) is 2.14. The Hall–Kier alpha value is -1.54. The summed E-state index contributed by atoms with van der Waals surface area (Å²) >= 11 is 0. The van der Waals surface area contributed by atoms with E-state index in [4.69, 9.17) is 5.14 Å². The van der Waals surface area contributed by atoms with Crippen LogP contribution in [0.1, 0.15) is 5.56 Å². The quantitative estimate of drug-likeness (QED) is 0.600. The second kappa shape index (κ2) is 3.55. The highest BCUT2D eigenvalue weighted by atomic mass is 32.2. The van der Waals surface area contributed by atoms with Gasteiger partial charge >= 0.3 is 5.69 Å². The normalized spacial score (nSPS) is 11.4. The summed E-state index contributed by atoms with van der Waals surface area (Å²) in [5.74, 6) is -1.23. The average molecular weight is 234 g/mol. The van der Waals surface area contributed by atoms with Crippen molar-refractivity contribution >= 4 is 15.7 Å². The van der Waals surface area contributed by atoms with Crippen LogP contribution in [-0.2, 0) is 10.0 Å². The Bertz CT molecular complexity index is 526. The van der Waals surface area contributed by atoms with Gasteiger partial charge in [-0.15, -0.1) is 0 Å². The van der Waals surface area contributed by atoms with Crippen LogP contribution in [0, 0.1) is 22.9 Å². The van der Waals surface area contributed by atoms with E-state index in [2.05, 4.69) is 0 Å². The highest BCUT2D eigenvalue weighted by molar-refractivity contribution is 7.89. The Morgan fingerprint density at radius 3 is 2.33 bits per heavy atom. The third kappa shape index (κ3) is 2.10. The molecule has 8 heteroatoms. The molecule has 0 aliphatic carbocycles. The van der Waals surface area contributed by atoms with E-state index in [1.807, 2.05) is 0 Å². The van der Waals surface area contributed by atoms with Gasteiger partial charge in [-0.1, -0.05) is 6.07 Å². The maximum absolute atomic E-state index is 13.0. The van der Waals surface area contributed by atoms with Crippen molar-refractivity contribution in [2.45, 2.75) is 11.8 Å². The first-order valence-corrected chi connectivity index (χ1v) is 5.26. The molecular formula is C7H7FN2O4S. The van der Waals surface area contributed by atoms with Crippen molar-refractivity contribution in [2.75, 3.05) is 0 Å². The Morgan fingerprint density at radius 1 is 1.47 bits per heavy atom. The van der Waals surface area contributed by atoms with Crippen molar-refractivity contribution in [3.05, 3.63) is 33.6 Å². The van der Waals surface area contributed by atoms with Gasteiger partial charge in [-0.05, 0) is 18.6 Å². The number of rotatable bonds is 2. The molecule has 0 radical (unpaired) electrons. The first kappa shape index (κ1) is 11.5. The largest absolute Gasteiger partial charge is 0.324 e. The Kier molecular flexibility index (Phi) is 2.73. The molecule has 0 bridgehead atoms. The molecular weight excluding hydrogens is 227 g/mol. The first-order chi connectivity index (χ1) is 6.75. The van der Waals surface area contributed by atoms with Gasteiger partial charge in [0.1, 0.15) is 0 Å². The van der Waals surface area contributed by atoms with Crippen LogP contribution in [0.15, 0.2) is 17.0 Å². The zero-order chi connectivity index (χ0) is 11.8. The Morgan fingerprint density at radius 2 is 2.00 bits per heavy atom. The van der Waals surface area contributed by atoms with E-state index in [1.54, 1.807) is 0 Å². The van der Waals surface area contributed by atoms with Gasteiger partial charge in [0.15, 0.2) is 4.90 Å². The fraction of sp³-hybridized carbons (Fsp3) is 0.143. The molecule has 6 nitrogen and oxygen atoms in total. The lowest BCUT2D eigenvalue weighted by Crippen LogP contribution is -2.16. The highest BCUT2D eigenvalue weighted by Crippen LogP contribution is 2.28. The standard InChI is InChI=1S/C7H7FN2O4S/c1-4-2-3-5(8)6(10(11)12)7(4)15(9,13)14/h2-3H,1H3,(H2,9,13,14). The molecule has 0 aliphatic rings. The first-order valence-electron chi connectivity index (χ1n) is 3.71. The maximum atomic E-state index is 13.0. The minimum absolute atomic E-state index is 0.0330. The van der Waals surface area contributed by atoms with E-state index in [9.17, 15) is 22.9 Å². The van der Waals surface area contributed by atoms with E-state index in [0.717, 1.165) is 12.1 Å². The number of aryl methyl sites for hydroxylation is 1. The van der Waals surface area contributed by atoms with Crippen LogP contribution in [0.25, 0.3) is 0 Å². The molecule has 1 rings (SSSR count). The highest BCUT2D eigenvalue weighted by Gasteiger charge is 2.29. The summed E-state index contributed by atoms with van der Waals surface area (Å²) in [6.45, 7) is 1.30. The van der Waals surface area contributed by atoms with Crippen LogP contribution in [0.3, 0.4) is 0 Å². The number of benzene rings is 1. The van der Waals surface area contributed by atoms with Gasteiger partial charge in [-0.2, -0.15) is 4.39 Å². The topological polar surface area (TPSA) is 103 Å². The number of primary sulfonamides is 1. The van der Waals surface area contributed by atoms with Gasteiger partial charge in [0, 0.05) is 0 Å². The number of nitrogens with zero attached hydrogens (tertiary/aromatic N) is 1. The molecule has 0 amide bonds. The molecule has 2 N–H and O–H groups in total. The average Bonchev–Trinajstić information content (AvgIpc) is 2.05. The number of hydrogen-bond donors (Lipinski definition) is 1. The van der Waals surface area contributed by atoms with Crippen molar-refractivity contribution in [3.63, 3.8) is 0 Å². The molecule has 82 valence electrons. The molecule has 0 aromatic heterocycles. The van der Waals surface area contributed by atoms with E-state index >= 15 is 0 Å². The van der Waals surface area contributed by atoms with Crippen LogP contribution in [-0.4, -0.2) is 13.3 Å². The second-order valence-electron chi connectivity index (χ2n) is 2.84. The summed E-state index contributed by atoms with van der Waals surface area (Å²) in [6, 6.07) is 1.93. The van der Waals surface area contributed by atoms with Gasteiger partial charge in [0.05, 0.1) is 4.92 Å². The molecule has 15 heavy (non-hydrogen) atoms. The molecule has 0 unspecified atom stereocenters. The van der Waals surface area contributed by atoms with Crippen LogP contribution in [0.2, 0.25) is 0 Å². The summed E-state index contributed by atoms with van der Waals surface area (Å²) in [7, 11) is -4.31. The number of nitrogens with two attached hydrogens (primary N) is 1. The molecule has 0 heterocycles. The van der Waals surface area contributed by atoms with Crippen molar-refractivity contribution < 1.29 is 17.7 Å². The third-order valence-corrected chi connectivity index (χ3v) is 2.83. The van der Waals surface area contributed by atoms with Crippen LogP contribution in [0.4, 0.5) is 10.1 Å². The third-order valence-electron chi connectivity index (χ3n) is 1.75. The minimum Gasteiger partial charge on any atom is -0.258 e. The molecule has 0 aliphatic heterocycles. The fourth-order valence-electron chi connectivity index (χ4n) is 1.18. The molecule has 0 fully saturated rings. The lowest BCUT2D eigenvalue weighted by molar-refractivity contribution is -0.390. The molecule has 0 spiro atoms. The monoisotopic (exact) mass is 234 g/mol. The molecule has 0 atom stereocenters. The van der Waals surface area contributed by atoms with Crippen molar-refractivity contribution in [2.24, 2.45) is 5.14 Å². The number of halogens is 1. The summed E-state index contributed by atoms with van der Waals surface area (Å²) in [5, 5.41) is 15.3. The molecule has 1 aromatic rings. The van der Waals surface area contributed by atoms with E-state index in [-0.39, 0.29) is 5.56 Å². The smallest absolute Gasteiger partial charge is 0.258 e. The molecule has 0 saturated heterocycles. The number of hydrogen-bond acceptors (Lipinski definition) is 4. The minimum atomic E-state index is -4.31. The van der Waals surface area contributed by atoms with Gasteiger partial charge in [-0.25, -0.2) is 13.6 Å². The number of nitro groups is 1. The van der Waals surface area contributed by atoms with E-state index in [1.165, 1.54) is 6.92 Å². The zero-order valence-electron chi connectivity index (χ0n) is 7.60. The zero-order valence-corrected chi connectivity index (χ0v) is 8.41. The summed E-state index contributed by atoms with van der Waals surface area (Å²) in [5.41, 5.74) is -1.08. The lowest BCUT2D eigenvalue weighted by atomic mass is 10.2. The summed E-state index contributed by atoms with van der Waals surface area (Å²) in [4.78, 5) is 8.59. The predicted molar refractivity (Wildman–Crippen MR) is 49.2 cm³/mol.